The molecule has 1 aliphatic carbocycles. The molecule has 1 aliphatic heterocycles. The van der Waals surface area contributed by atoms with Crippen LogP contribution in [-0.2, 0) is 16.6 Å². The average molecular weight is 441 g/mol. The summed E-state index contributed by atoms with van der Waals surface area (Å²) in [6, 6.07) is 10.00. The molecule has 0 unspecified atom stereocenters. The number of fused-ring (bicyclic) bond motifs is 2. The maximum Gasteiger partial charge on any atom is 0.286 e. The number of hydrogen-bond donors (Lipinski definition) is 2. The van der Waals surface area contributed by atoms with Crippen LogP contribution in [0.1, 0.15) is 31.2 Å². The molecule has 7 nitrogen and oxygen atoms in total. The summed E-state index contributed by atoms with van der Waals surface area (Å²) in [6.07, 6.45) is 4.12. The van der Waals surface area contributed by atoms with E-state index in [2.05, 4.69) is 9.71 Å². The molecule has 0 amide bonds. The number of hydrogen-bond acceptors (Lipinski definition) is 5. The third kappa shape index (κ3) is 3.48. The number of nitrogens with one attached hydrogen (secondary N) is 1. The normalized spacial score (nSPS) is 17.1. The first-order valence-electron chi connectivity index (χ1n) is 10.1. The third-order valence-corrected chi connectivity index (χ3v) is 7.09. The molecule has 31 heavy (non-hydrogen) atoms. The lowest BCUT2D eigenvalue weighted by atomic mass is 10.1. The van der Waals surface area contributed by atoms with Gasteiger partial charge in [0.1, 0.15) is 22.0 Å². The van der Waals surface area contributed by atoms with Crippen LogP contribution in [-0.4, -0.2) is 23.9 Å². The lowest BCUT2D eigenvalue weighted by Gasteiger charge is -2.20. The predicted octanol–water partition coefficient (Wildman–Crippen LogP) is 3.60. The Labute approximate surface area is 177 Å². The van der Waals surface area contributed by atoms with Crippen molar-refractivity contribution in [3.8, 4) is 5.75 Å². The first kappa shape index (κ1) is 19.7. The molecule has 1 saturated carbocycles. The van der Waals surface area contributed by atoms with E-state index in [1.54, 1.807) is 18.2 Å². The number of benzene rings is 2. The van der Waals surface area contributed by atoms with Crippen LogP contribution in [0.2, 0.25) is 0 Å². The molecule has 0 saturated heterocycles. The number of amidine groups is 1. The Balaban J connectivity index is 1.70. The largest absolute Gasteiger partial charge is 0.506 e. The van der Waals surface area contributed by atoms with E-state index < -0.39 is 27.1 Å². The van der Waals surface area contributed by atoms with Gasteiger partial charge < -0.3 is 15.0 Å². The van der Waals surface area contributed by atoms with E-state index in [0.29, 0.717) is 18.0 Å². The Morgan fingerprint density at radius 1 is 1.19 bits per heavy atom. The molecule has 3 aromatic rings. The van der Waals surface area contributed by atoms with E-state index in [1.165, 1.54) is 35.6 Å². The van der Waals surface area contributed by atoms with E-state index in [1.807, 2.05) is 0 Å². The van der Waals surface area contributed by atoms with Crippen molar-refractivity contribution in [2.75, 3.05) is 5.32 Å². The molecule has 2 aliphatic rings. The highest BCUT2D eigenvalue weighted by Gasteiger charge is 2.30. The number of para-hydroxylation sites is 1. The van der Waals surface area contributed by atoms with Crippen molar-refractivity contribution in [1.82, 2.24) is 4.57 Å². The van der Waals surface area contributed by atoms with Crippen LogP contribution in [0.3, 0.4) is 0 Å². The number of rotatable bonds is 5. The molecule has 0 atom stereocenters. The van der Waals surface area contributed by atoms with Gasteiger partial charge >= 0.3 is 0 Å². The summed E-state index contributed by atoms with van der Waals surface area (Å²) in [5.41, 5.74) is -0.218. The van der Waals surface area contributed by atoms with Gasteiger partial charge in [-0.25, -0.2) is 4.39 Å². The molecule has 160 valence electrons. The summed E-state index contributed by atoms with van der Waals surface area (Å²) in [5.74, 6) is -0.669. The Bertz CT molecular complexity index is 1410. The van der Waals surface area contributed by atoms with Gasteiger partial charge in [-0.05, 0) is 49.1 Å². The molecule has 5 rings (SSSR count). The summed E-state index contributed by atoms with van der Waals surface area (Å²) >= 11 is 0. The summed E-state index contributed by atoms with van der Waals surface area (Å²) in [7, 11) is -4.07. The maximum absolute atomic E-state index is 14.0. The molecule has 0 radical (unpaired) electrons. The minimum Gasteiger partial charge on any atom is -0.506 e. The van der Waals surface area contributed by atoms with Crippen molar-refractivity contribution >= 4 is 32.4 Å². The number of nitrogens with zero attached hydrogens (tertiary/aromatic N) is 2. The smallest absolute Gasteiger partial charge is 0.286 e. The fourth-order valence-corrected chi connectivity index (χ4v) is 5.14. The number of pyridine rings is 1. The van der Waals surface area contributed by atoms with E-state index in [9.17, 15) is 22.7 Å². The van der Waals surface area contributed by atoms with Crippen LogP contribution >= 0.6 is 0 Å². The van der Waals surface area contributed by atoms with Gasteiger partial charge in [0.2, 0.25) is 0 Å². The number of sulfonamides is 1. The molecule has 2 heterocycles. The molecule has 1 aromatic heterocycles. The van der Waals surface area contributed by atoms with Gasteiger partial charge in [0.05, 0.1) is 11.2 Å². The van der Waals surface area contributed by atoms with Gasteiger partial charge in [0.25, 0.3) is 15.6 Å². The predicted molar refractivity (Wildman–Crippen MR) is 116 cm³/mol. The SMILES string of the molecule is O=c1c(C2=NS(=O)(=O)c3ccccc3N2)c(O)c2cc(F)ccc2n1CCCC1CC1. The van der Waals surface area contributed by atoms with Crippen LogP contribution < -0.4 is 10.9 Å². The van der Waals surface area contributed by atoms with Crippen LogP contribution in [0.15, 0.2) is 56.6 Å². The molecule has 0 bridgehead atoms. The number of aromatic nitrogens is 1. The van der Waals surface area contributed by atoms with Crippen molar-refractivity contribution in [3.05, 3.63) is 64.2 Å². The van der Waals surface area contributed by atoms with Gasteiger partial charge in [-0.15, -0.1) is 4.40 Å². The zero-order valence-corrected chi connectivity index (χ0v) is 17.3. The zero-order valence-electron chi connectivity index (χ0n) is 16.5. The van der Waals surface area contributed by atoms with E-state index in [-0.39, 0.29) is 27.4 Å². The summed E-state index contributed by atoms with van der Waals surface area (Å²) in [5, 5.41) is 13.8. The Morgan fingerprint density at radius 2 is 1.97 bits per heavy atom. The van der Waals surface area contributed by atoms with Crippen LogP contribution in [0, 0.1) is 11.7 Å². The van der Waals surface area contributed by atoms with Gasteiger partial charge in [-0.3, -0.25) is 4.79 Å². The third-order valence-electron chi connectivity index (χ3n) is 5.76. The van der Waals surface area contributed by atoms with Crippen molar-refractivity contribution < 1.29 is 17.9 Å². The molecular formula is C22H20FN3O4S. The topological polar surface area (TPSA) is 101 Å². The second-order valence-electron chi connectivity index (χ2n) is 7.96. The average Bonchev–Trinajstić information content (AvgIpc) is 3.55. The fraction of sp³-hybridized carbons (Fsp3) is 0.273. The maximum atomic E-state index is 14.0. The van der Waals surface area contributed by atoms with Crippen molar-refractivity contribution in [1.29, 1.82) is 0 Å². The van der Waals surface area contributed by atoms with Gasteiger partial charge in [0.15, 0.2) is 5.84 Å². The molecule has 2 N–H and O–H groups in total. The van der Waals surface area contributed by atoms with Crippen LogP contribution in [0.4, 0.5) is 10.1 Å². The van der Waals surface area contributed by atoms with E-state index >= 15 is 0 Å². The second-order valence-corrected chi connectivity index (χ2v) is 9.54. The Hall–Kier alpha value is -3.20. The zero-order chi connectivity index (χ0) is 21.8. The van der Waals surface area contributed by atoms with Gasteiger partial charge in [-0.2, -0.15) is 8.42 Å². The highest BCUT2D eigenvalue weighted by atomic mass is 32.2. The minimum atomic E-state index is -4.07. The Morgan fingerprint density at radius 3 is 2.74 bits per heavy atom. The van der Waals surface area contributed by atoms with Crippen molar-refractivity contribution in [2.45, 2.75) is 37.1 Å². The molecule has 0 spiro atoms. The number of aromatic hydroxyl groups is 1. The monoisotopic (exact) mass is 441 g/mol. The standard InChI is InChI=1S/C22H20FN3O4S/c23-14-9-10-17-15(12-14)20(27)19(22(28)26(17)11-3-4-13-7-8-13)21-24-16-5-1-2-6-18(16)31(29,30)25-21/h1-2,5-6,9-10,12-13,27H,3-4,7-8,11H2,(H,24,25). The molecular weight excluding hydrogens is 421 g/mol. The lowest BCUT2D eigenvalue weighted by molar-refractivity contribution is 0.475. The van der Waals surface area contributed by atoms with Gasteiger partial charge in [-0.1, -0.05) is 25.0 Å². The Kier molecular flexibility index (Phi) is 4.58. The minimum absolute atomic E-state index is 0.0187. The fourth-order valence-electron chi connectivity index (χ4n) is 4.02. The molecule has 1 fully saturated rings. The highest BCUT2D eigenvalue weighted by Crippen LogP contribution is 2.35. The molecule has 2 aromatic carbocycles. The summed E-state index contributed by atoms with van der Waals surface area (Å²) < 4.78 is 44.5. The lowest BCUT2D eigenvalue weighted by Crippen LogP contribution is -2.32. The number of aryl methyl sites for hydroxylation is 1. The van der Waals surface area contributed by atoms with Crippen molar-refractivity contribution in [3.63, 3.8) is 0 Å². The molecule has 9 heteroatoms. The second kappa shape index (κ2) is 7.19. The summed E-state index contributed by atoms with van der Waals surface area (Å²) in [6.45, 7) is 0.376. The first-order valence-corrected chi connectivity index (χ1v) is 11.6. The van der Waals surface area contributed by atoms with Crippen molar-refractivity contribution in [2.24, 2.45) is 10.3 Å². The first-order chi connectivity index (χ1) is 14.8. The van der Waals surface area contributed by atoms with Gasteiger partial charge in [0, 0.05) is 11.9 Å². The number of halogens is 1. The van der Waals surface area contributed by atoms with Crippen LogP contribution in [0.25, 0.3) is 10.9 Å². The number of anilines is 1. The van der Waals surface area contributed by atoms with E-state index in [4.69, 9.17) is 0 Å². The summed E-state index contributed by atoms with van der Waals surface area (Å²) in [4.78, 5) is 13.4. The van der Waals surface area contributed by atoms with E-state index in [0.717, 1.165) is 18.9 Å². The quantitative estimate of drug-likeness (QED) is 0.630. The van der Waals surface area contributed by atoms with Crippen LogP contribution in [0.5, 0.6) is 5.75 Å². The highest BCUT2D eigenvalue weighted by molar-refractivity contribution is 7.90.